The molecule has 0 spiro atoms. The maximum absolute atomic E-state index is 10.1. The lowest BCUT2D eigenvalue weighted by Crippen LogP contribution is -2.13. The summed E-state index contributed by atoms with van der Waals surface area (Å²) in [6.07, 6.45) is 0. The average Bonchev–Trinajstić information content (AvgIpc) is 1.88. The first-order chi connectivity index (χ1) is 4.35. The molecule has 0 rings (SSSR count). The van der Waals surface area contributed by atoms with Crippen LogP contribution in [0.4, 0.5) is 0 Å². The third-order valence-electron chi connectivity index (χ3n) is 0.546. The lowest BCUT2D eigenvalue weighted by atomic mass is 10.9. The second kappa shape index (κ2) is 6.11. The van der Waals surface area contributed by atoms with Gasteiger partial charge in [-0.3, -0.25) is 14.2 Å². The summed E-state index contributed by atoms with van der Waals surface area (Å²) in [6, 6.07) is 0. The standard InChI is InChI=1S/C4H10NO3P/c1-3-7-5(9-6)8-4-2/h3-4H2,1-2H3. The predicted molar refractivity (Wildman–Crippen MR) is 32.7 cm³/mol. The van der Waals surface area contributed by atoms with Crippen molar-refractivity contribution in [1.82, 2.24) is 5.00 Å². The minimum absolute atomic E-state index is 0.270. The highest BCUT2D eigenvalue weighted by molar-refractivity contribution is 7.20. The van der Waals surface area contributed by atoms with Crippen LogP contribution >= 0.6 is 8.61 Å². The van der Waals surface area contributed by atoms with E-state index in [0.717, 1.165) is 5.00 Å². The van der Waals surface area contributed by atoms with Gasteiger partial charge in [0.2, 0.25) is 0 Å². The molecule has 0 atom stereocenters. The molecule has 0 amide bonds. The quantitative estimate of drug-likeness (QED) is 0.439. The highest BCUT2D eigenvalue weighted by Crippen LogP contribution is 2.05. The van der Waals surface area contributed by atoms with Crippen LogP contribution in [0.1, 0.15) is 13.8 Å². The zero-order valence-corrected chi connectivity index (χ0v) is 6.43. The van der Waals surface area contributed by atoms with Gasteiger partial charge in [0, 0.05) is 5.00 Å². The fourth-order valence-electron chi connectivity index (χ4n) is 0.305. The molecule has 0 fully saturated rings. The molecule has 5 heteroatoms. The molecule has 4 nitrogen and oxygen atoms in total. The number of nitrogens with zero attached hydrogens (tertiary/aromatic N) is 1. The van der Waals surface area contributed by atoms with Crippen LogP contribution in [0.15, 0.2) is 0 Å². The van der Waals surface area contributed by atoms with Crippen molar-refractivity contribution in [2.24, 2.45) is 0 Å². The van der Waals surface area contributed by atoms with Crippen molar-refractivity contribution in [3.8, 4) is 0 Å². The third-order valence-corrected chi connectivity index (χ3v) is 0.910. The van der Waals surface area contributed by atoms with E-state index in [9.17, 15) is 4.57 Å². The van der Waals surface area contributed by atoms with E-state index < -0.39 is 0 Å². The Morgan fingerprint density at radius 2 is 1.78 bits per heavy atom. The summed E-state index contributed by atoms with van der Waals surface area (Å²) in [7, 11) is -0.270. The van der Waals surface area contributed by atoms with Crippen molar-refractivity contribution in [2.45, 2.75) is 13.8 Å². The van der Waals surface area contributed by atoms with Crippen LogP contribution < -0.4 is 0 Å². The zero-order valence-electron chi connectivity index (χ0n) is 5.53. The predicted octanol–water partition coefficient (Wildman–Crippen LogP) is 1.40. The van der Waals surface area contributed by atoms with Gasteiger partial charge in [-0.1, -0.05) is 0 Å². The summed E-state index contributed by atoms with van der Waals surface area (Å²) in [6.45, 7) is 4.49. The zero-order chi connectivity index (χ0) is 7.11. The third kappa shape index (κ3) is 4.48. The first kappa shape index (κ1) is 8.98. The minimum atomic E-state index is -0.270. The van der Waals surface area contributed by atoms with Gasteiger partial charge >= 0.3 is 8.61 Å². The number of hydrogen-bond donors (Lipinski definition) is 0. The number of hydrogen-bond acceptors (Lipinski definition) is 3. The van der Waals surface area contributed by atoms with Crippen LogP contribution in [0.3, 0.4) is 0 Å². The smallest absolute Gasteiger partial charge is 0.264 e. The van der Waals surface area contributed by atoms with E-state index in [1.54, 1.807) is 13.8 Å². The van der Waals surface area contributed by atoms with Gasteiger partial charge in [-0.25, -0.2) is 0 Å². The maximum Gasteiger partial charge on any atom is 0.303 e. The molecular formula is C4H10NO3P. The van der Waals surface area contributed by atoms with Gasteiger partial charge < -0.3 is 0 Å². The van der Waals surface area contributed by atoms with Gasteiger partial charge in [0.05, 0.1) is 13.2 Å². The van der Waals surface area contributed by atoms with Gasteiger partial charge in [-0.15, -0.1) is 0 Å². The van der Waals surface area contributed by atoms with Crippen molar-refractivity contribution in [3.63, 3.8) is 0 Å². The molecule has 0 radical (unpaired) electrons. The first-order valence-electron chi connectivity index (χ1n) is 2.74. The molecule has 0 heterocycles. The van der Waals surface area contributed by atoms with Crippen molar-refractivity contribution in [3.05, 3.63) is 0 Å². The molecule has 0 aliphatic carbocycles. The molecular weight excluding hydrogens is 141 g/mol. The Morgan fingerprint density at radius 1 is 1.33 bits per heavy atom. The lowest BCUT2D eigenvalue weighted by molar-refractivity contribution is -0.294. The summed E-state index contributed by atoms with van der Waals surface area (Å²) in [4.78, 5) is 10.3. The van der Waals surface area contributed by atoms with Crippen LogP contribution in [-0.4, -0.2) is 18.2 Å². The SMILES string of the molecule is CCON(OCC)P=O. The Labute approximate surface area is 55.9 Å². The highest BCUT2D eigenvalue weighted by atomic mass is 31.1. The van der Waals surface area contributed by atoms with Crippen molar-refractivity contribution < 1.29 is 14.2 Å². The van der Waals surface area contributed by atoms with Gasteiger partial charge in [0.1, 0.15) is 0 Å². The summed E-state index contributed by atoms with van der Waals surface area (Å²) in [5.41, 5.74) is 0. The molecule has 0 aliphatic heterocycles. The van der Waals surface area contributed by atoms with Crippen molar-refractivity contribution >= 4 is 8.61 Å². The summed E-state index contributed by atoms with van der Waals surface area (Å²) in [5.74, 6) is 0. The molecule has 0 unspecified atom stereocenters. The van der Waals surface area contributed by atoms with Gasteiger partial charge in [0.15, 0.2) is 0 Å². The Balaban J connectivity index is 3.29. The summed E-state index contributed by atoms with van der Waals surface area (Å²) < 4.78 is 10.1. The molecule has 0 aromatic rings. The van der Waals surface area contributed by atoms with Gasteiger partial charge in [-0.05, 0) is 13.8 Å². The van der Waals surface area contributed by atoms with E-state index >= 15 is 0 Å². The fourth-order valence-corrected chi connectivity index (χ4v) is 0.631. The Morgan fingerprint density at radius 3 is 2.00 bits per heavy atom. The second-order valence-corrected chi connectivity index (χ2v) is 1.64. The Hall–Kier alpha value is -0.0200. The summed E-state index contributed by atoms with van der Waals surface area (Å²) >= 11 is 0. The van der Waals surface area contributed by atoms with E-state index in [0.29, 0.717) is 13.2 Å². The van der Waals surface area contributed by atoms with Crippen LogP contribution in [0, 0.1) is 0 Å². The average molecular weight is 151 g/mol. The fraction of sp³-hybridized carbons (Fsp3) is 1.00. The largest absolute Gasteiger partial charge is 0.303 e. The number of rotatable bonds is 5. The highest BCUT2D eigenvalue weighted by Gasteiger charge is 2.00. The molecule has 0 N–H and O–H groups in total. The Kier molecular flexibility index (Phi) is 6.09. The van der Waals surface area contributed by atoms with Crippen LogP contribution in [0.5, 0.6) is 0 Å². The van der Waals surface area contributed by atoms with Crippen LogP contribution in [0.2, 0.25) is 0 Å². The lowest BCUT2D eigenvalue weighted by Gasteiger charge is -2.08. The van der Waals surface area contributed by atoms with E-state index in [1.165, 1.54) is 0 Å². The monoisotopic (exact) mass is 151 g/mol. The molecule has 9 heavy (non-hydrogen) atoms. The molecule has 0 saturated heterocycles. The van der Waals surface area contributed by atoms with E-state index in [4.69, 9.17) is 9.68 Å². The maximum atomic E-state index is 10.1. The molecule has 0 aromatic heterocycles. The molecule has 54 valence electrons. The van der Waals surface area contributed by atoms with Gasteiger partial charge in [-0.2, -0.15) is 0 Å². The van der Waals surface area contributed by atoms with E-state index in [1.807, 2.05) is 0 Å². The van der Waals surface area contributed by atoms with E-state index in [-0.39, 0.29) is 8.61 Å². The molecule has 0 aliphatic rings. The van der Waals surface area contributed by atoms with Crippen LogP contribution in [-0.2, 0) is 14.2 Å². The summed E-state index contributed by atoms with van der Waals surface area (Å²) in [5, 5.41) is 0. The van der Waals surface area contributed by atoms with Crippen LogP contribution in [0.25, 0.3) is 0 Å². The normalized spacial score (nSPS) is 11.0. The minimum Gasteiger partial charge on any atom is -0.264 e. The van der Waals surface area contributed by atoms with Crippen molar-refractivity contribution in [1.29, 1.82) is 0 Å². The second-order valence-electron chi connectivity index (χ2n) is 1.16. The van der Waals surface area contributed by atoms with Gasteiger partial charge in [0.25, 0.3) is 0 Å². The Bertz CT molecular complexity index is 74.2. The molecule has 0 aromatic carbocycles. The molecule has 0 saturated carbocycles. The van der Waals surface area contributed by atoms with E-state index in [2.05, 4.69) is 0 Å². The first-order valence-corrected chi connectivity index (χ1v) is 3.50. The van der Waals surface area contributed by atoms with Crippen molar-refractivity contribution in [2.75, 3.05) is 13.2 Å². The molecule has 0 bridgehead atoms. The topological polar surface area (TPSA) is 38.8 Å².